The molecular formula is C17H21Cl2N5O3S. The molecule has 28 heavy (non-hydrogen) atoms. The minimum Gasteiger partial charge on any atom is -0.364 e. The molecule has 1 N–H and O–H groups in total. The Hall–Kier alpha value is -1.81. The number of guanidine groups is 1. The molecule has 0 aliphatic carbocycles. The monoisotopic (exact) mass is 445 g/mol. The number of halogens is 2. The molecule has 2 aromatic rings. The van der Waals surface area contributed by atoms with Crippen molar-refractivity contribution in [2.75, 3.05) is 33.2 Å². The second-order valence-electron chi connectivity index (χ2n) is 6.27. The first-order valence-corrected chi connectivity index (χ1v) is 11.0. The van der Waals surface area contributed by atoms with Crippen molar-refractivity contribution < 1.29 is 12.9 Å². The van der Waals surface area contributed by atoms with Crippen molar-refractivity contribution in [3.8, 4) is 0 Å². The number of piperazine rings is 1. The molecule has 0 radical (unpaired) electrons. The fraction of sp³-hybridized carbons (Fsp3) is 0.412. The van der Waals surface area contributed by atoms with Crippen LogP contribution in [0.2, 0.25) is 10.0 Å². The van der Waals surface area contributed by atoms with Gasteiger partial charge in [-0.15, -0.1) is 0 Å². The lowest BCUT2D eigenvalue weighted by molar-refractivity contribution is 0.259. The van der Waals surface area contributed by atoms with Crippen LogP contribution in [0.15, 0.2) is 40.0 Å². The summed E-state index contributed by atoms with van der Waals surface area (Å²) in [6, 6.07) is 6.90. The Balaban J connectivity index is 1.55. The zero-order valence-corrected chi connectivity index (χ0v) is 17.6. The average molecular weight is 446 g/mol. The molecule has 8 nitrogen and oxygen atoms in total. The highest BCUT2D eigenvalue weighted by Crippen LogP contribution is 2.21. The molecule has 0 spiro atoms. The van der Waals surface area contributed by atoms with Gasteiger partial charge in [-0.25, -0.2) is 8.42 Å². The van der Waals surface area contributed by atoms with Crippen LogP contribution < -0.4 is 5.32 Å². The molecule has 1 aliphatic heterocycles. The van der Waals surface area contributed by atoms with Gasteiger partial charge in [-0.05, 0) is 17.7 Å². The van der Waals surface area contributed by atoms with Crippen LogP contribution in [0, 0.1) is 0 Å². The zero-order chi connectivity index (χ0) is 20.1. The van der Waals surface area contributed by atoms with Crippen molar-refractivity contribution in [1.29, 1.82) is 0 Å². The quantitative estimate of drug-likeness (QED) is 0.560. The number of aromatic nitrogens is 1. The van der Waals surface area contributed by atoms with Crippen molar-refractivity contribution in [3.05, 3.63) is 51.8 Å². The van der Waals surface area contributed by atoms with Gasteiger partial charge >= 0.3 is 0 Å². The van der Waals surface area contributed by atoms with Crippen LogP contribution in [-0.2, 0) is 22.3 Å². The smallest absolute Gasteiger partial charge is 0.220 e. The zero-order valence-electron chi connectivity index (χ0n) is 15.3. The van der Waals surface area contributed by atoms with Crippen LogP contribution in [0.4, 0.5) is 0 Å². The number of benzene rings is 1. The van der Waals surface area contributed by atoms with E-state index in [0.717, 1.165) is 5.56 Å². The van der Waals surface area contributed by atoms with E-state index in [0.29, 0.717) is 54.4 Å². The van der Waals surface area contributed by atoms with E-state index in [4.69, 9.17) is 27.7 Å². The minimum atomic E-state index is -3.43. The third-order valence-electron chi connectivity index (χ3n) is 4.42. The first-order valence-electron chi connectivity index (χ1n) is 8.65. The van der Waals surface area contributed by atoms with Crippen LogP contribution in [0.25, 0.3) is 0 Å². The van der Waals surface area contributed by atoms with Crippen molar-refractivity contribution in [1.82, 2.24) is 19.7 Å². The number of aliphatic imine (C=N–C) groups is 1. The number of nitrogens with one attached hydrogen (secondary N) is 1. The first-order chi connectivity index (χ1) is 13.4. The standard InChI is InChI=1S/C17H21Cl2N5O3S/c1-20-17(21-11-13-2-3-14(18)10-16(13)19)23-5-7-24(8-6-23)28(25,26)12-15-4-9-27-22-15/h2-4,9-10H,5-8,11-12H2,1H3,(H,20,21). The maximum Gasteiger partial charge on any atom is 0.220 e. The summed E-state index contributed by atoms with van der Waals surface area (Å²) in [5.74, 6) is 0.533. The van der Waals surface area contributed by atoms with Crippen LogP contribution in [-0.4, -0.2) is 62.0 Å². The van der Waals surface area contributed by atoms with Crippen LogP contribution >= 0.6 is 23.2 Å². The number of sulfonamides is 1. The van der Waals surface area contributed by atoms with E-state index in [1.807, 2.05) is 11.0 Å². The highest BCUT2D eigenvalue weighted by atomic mass is 35.5. The van der Waals surface area contributed by atoms with Crippen molar-refractivity contribution in [3.63, 3.8) is 0 Å². The molecule has 1 aliphatic rings. The normalized spacial score (nSPS) is 16.4. The van der Waals surface area contributed by atoms with E-state index >= 15 is 0 Å². The van der Waals surface area contributed by atoms with Gasteiger partial charge in [0, 0.05) is 55.9 Å². The summed E-state index contributed by atoms with van der Waals surface area (Å²) in [5.41, 5.74) is 1.31. The predicted octanol–water partition coefficient (Wildman–Crippen LogP) is 2.20. The van der Waals surface area contributed by atoms with E-state index in [-0.39, 0.29) is 5.75 Å². The molecule has 1 aromatic carbocycles. The molecule has 0 amide bonds. The Labute approximate surface area is 174 Å². The molecule has 1 aromatic heterocycles. The Morgan fingerprint density at radius 2 is 2.00 bits per heavy atom. The van der Waals surface area contributed by atoms with E-state index in [1.54, 1.807) is 25.2 Å². The van der Waals surface area contributed by atoms with E-state index < -0.39 is 10.0 Å². The molecular weight excluding hydrogens is 425 g/mol. The van der Waals surface area contributed by atoms with E-state index in [2.05, 4.69) is 15.5 Å². The van der Waals surface area contributed by atoms with E-state index in [1.165, 1.54) is 10.6 Å². The summed E-state index contributed by atoms with van der Waals surface area (Å²) in [6.07, 6.45) is 1.37. The predicted molar refractivity (Wildman–Crippen MR) is 109 cm³/mol. The fourth-order valence-corrected chi connectivity index (χ4v) is 4.84. The van der Waals surface area contributed by atoms with Gasteiger partial charge in [0.25, 0.3) is 0 Å². The van der Waals surface area contributed by atoms with Crippen LogP contribution in [0.1, 0.15) is 11.3 Å². The molecule has 2 heterocycles. The van der Waals surface area contributed by atoms with Gasteiger partial charge in [0.15, 0.2) is 5.96 Å². The summed E-state index contributed by atoms with van der Waals surface area (Å²) in [4.78, 5) is 6.31. The summed E-state index contributed by atoms with van der Waals surface area (Å²) in [6.45, 7) is 2.32. The molecule has 0 atom stereocenters. The SMILES string of the molecule is CN=C(NCc1ccc(Cl)cc1Cl)N1CCN(S(=O)(=O)Cc2ccon2)CC1. The number of hydrogen-bond donors (Lipinski definition) is 1. The lowest BCUT2D eigenvalue weighted by Crippen LogP contribution is -2.53. The molecule has 11 heteroatoms. The highest BCUT2D eigenvalue weighted by molar-refractivity contribution is 7.88. The lowest BCUT2D eigenvalue weighted by Gasteiger charge is -2.35. The third kappa shape index (κ3) is 5.16. The fourth-order valence-electron chi connectivity index (χ4n) is 2.94. The maximum atomic E-state index is 12.5. The van der Waals surface area contributed by atoms with Gasteiger partial charge in [-0.1, -0.05) is 34.4 Å². The molecule has 0 unspecified atom stereocenters. The maximum absolute atomic E-state index is 12.5. The molecule has 152 valence electrons. The second-order valence-corrected chi connectivity index (χ2v) is 9.08. The van der Waals surface area contributed by atoms with Gasteiger partial charge in [0.05, 0.1) is 5.69 Å². The minimum absolute atomic E-state index is 0.161. The van der Waals surface area contributed by atoms with Crippen LogP contribution in [0.3, 0.4) is 0 Å². The number of nitrogens with zero attached hydrogens (tertiary/aromatic N) is 4. The third-order valence-corrected chi connectivity index (χ3v) is 6.82. The Kier molecular flexibility index (Phi) is 6.82. The Morgan fingerprint density at radius 1 is 1.25 bits per heavy atom. The van der Waals surface area contributed by atoms with Crippen molar-refractivity contribution in [2.45, 2.75) is 12.3 Å². The van der Waals surface area contributed by atoms with E-state index in [9.17, 15) is 8.42 Å². The molecule has 3 rings (SSSR count). The molecule has 1 fully saturated rings. The highest BCUT2D eigenvalue weighted by Gasteiger charge is 2.29. The Morgan fingerprint density at radius 3 is 2.61 bits per heavy atom. The lowest BCUT2D eigenvalue weighted by atomic mass is 10.2. The number of rotatable bonds is 5. The van der Waals surface area contributed by atoms with Gasteiger partial charge in [-0.2, -0.15) is 4.31 Å². The largest absolute Gasteiger partial charge is 0.364 e. The topological polar surface area (TPSA) is 91.0 Å². The van der Waals surface area contributed by atoms with Crippen LogP contribution in [0.5, 0.6) is 0 Å². The summed E-state index contributed by atoms with van der Waals surface area (Å²) in [5, 5.41) is 8.11. The van der Waals surface area contributed by atoms with Gasteiger partial charge in [0.2, 0.25) is 10.0 Å². The molecule has 0 bridgehead atoms. The van der Waals surface area contributed by atoms with Gasteiger partial charge in [0.1, 0.15) is 12.0 Å². The van der Waals surface area contributed by atoms with Gasteiger partial charge in [-0.3, -0.25) is 4.99 Å². The summed E-state index contributed by atoms with van der Waals surface area (Å²) >= 11 is 12.1. The van der Waals surface area contributed by atoms with Crippen molar-refractivity contribution in [2.24, 2.45) is 4.99 Å². The average Bonchev–Trinajstić information content (AvgIpc) is 3.16. The molecule has 0 saturated carbocycles. The number of hydrogen-bond acceptors (Lipinski definition) is 5. The molecule has 1 saturated heterocycles. The first kappa shape index (κ1) is 20.9. The second kappa shape index (κ2) is 9.13. The van der Waals surface area contributed by atoms with Crippen molar-refractivity contribution >= 4 is 39.2 Å². The Bertz CT molecular complexity index is 926. The summed E-state index contributed by atoms with van der Waals surface area (Å²) < 4.78 is 31.2. The van der Waals surface area contributed by atoms with Gasteiger partial charge < -0.3 is 14.7 Å². The summed E-state index contributed by atoms with van der Waals surface area (Å²) in [7, 11) is -1.74.